The van der Waals surface area contributed by atoms with Crippen LogP contribution in [0.4, 0.5) is 0 Å². The summed E-state index contributed by atoms with van der Waals surface area (Å²) in [5.41, 5.74) is 0. The van der Waals surface area contributed by atoms with E-state index in [4.69, 9.17) is 4.74 Å². The van der Waals surface area contributed by atoms with Gasteiger partial charge in [0.1, 0.15) is 0 Å². The molecular formula is C15H22N2O3. The summed E-state index contributed by atoms with van der Waals surface area (Å²) in [7, 11) is 0. The van der Waals surface area contributed by atoms with Gasteiger partial charge >= 0.3 is 0 Å². The maximum atomic E-state index is 12.1. The lowest BCUT2D eigenvalue weighted by atomic mass is 10.2. The topological polar surface area (TPSA) is 53.0 Å². The fourth-order valence-electron chi connectivity index (χ4n) is 2.30. The summed E-state index contributed by atoms with van der Waals surface area (Å²) in [6, 6.07) is 7.20. The Labute approximate surface area is 119 Å². The first-order chi connectivity index (χ1) is 9.58. The van der Waals surface area contributed by atoms with E-state index in [1.54, 1.807) is 24.3 Å². The summed E-state index contributed by atoms with van der Waals surface area (Å²) in [5, 5.41) is 9.57. The van der Waals surface area contributed by atoms with Crippen molar-refractivity contribution in [3.8, 4) is 11.5 Å². The Hall–Kier alpha value is -1.75. The lowest BCUT2D eigenvalue weighted by Gasteiger charge is -2.36. The number of amides is 1. The summed E-state index contributed by atoms with van der Waals surface area (Å²) >= 11 is 0. The van der Waals surface area contributed by atoms with E-state index in [2.05, 4.69) is 18.7 Å². The van der Waals surface area contributed by atoms with Crippen LogP contribution in [0, 0.1) is 0 Å². The number of rotatable bonds is 4. The quantitative estimate of drug-likeness (QED) is 0.902. The molecule has 1 aliphatic heterocycles. The molecule has 0 unspecified atom stereocenters. The van der Waals surface area contributed by atoms with Crippen molar-refractivity contribution in [1.82, 2.24) is 9.80 Å². The van der Waals surface area contributed by atoms with Crippen molar-refractivity contribution in [2.45, 2.75) is 19.9 Å². The van der Waals surface area contributed by atoms with Crippen molar-refractivity contribution in [3.63, 3.8) is 0 Å². The Morgan fingerprint density at radius 1 is 1.25 bits per heavy atom. The van der Waals surface area contributed by atoms with Gasteiger partial charge in [0, 0.05) is 32.2 Å². The molecule has 1 amide bonds. The Bertz CT molecular complexity index is 454. The number of hydrogen-bond donors (Lipinski definition) is 1. The Kier molecular flexibility index (Phi) is 4.84. The van der Waals surface area contributed by atoms with E-state index >= 15 is 0 Å². The number of carbonyl (C=O) groups excluding carboxylic acids is 1. The van der Waals surface area contributed by atoms with Crippen molar-refractivity contribution in [1.29, 1.82) is 0 Å². The minimum absolute atomic E-state index is 0.0285. The van der Waals surface area contributed by atoms with Crippen molar-refractivity contribution in [3.05, 3.63) is 24.3 Å². The SMILES string of the molecule is CC(C)N1CCN(C(=O)COc2ccccc2O)CC1. The highest BCUT2D eigenvalue weighted by Crippen LogP contribution is 2.24. The highest BCUT2D eigenvalue weighted by atomic mass is 16.5. The summed E-state index contributed by atoms with van der Waals surface area (Å²) in [6.45, 7) is 7.58. The van der Waals surface area contributed by atoms with Crippen LogP contribution in [-0.4, -0.2) is 59.6 Å². The van der Waals surface area contributed by atoms with Gasteiger partial charge in [-0.15, -0.1) is 0 Å². The molecule has 1 aliphatic rings. The van der Waals surface area contributed by atoms with Gasteiger partial charge in [0.05, 0.1) is 0 Å². The van der Waals surface area contributed by atoms with E-state index in [0.29, 0.717) is 11.8 Å². The molecule has 2 rings (SSSR count). The van der Waals surface area contributed by atoms with E-state index in [9.17, 15) is 9.90 Å². The van der Waals surface area contributed by atoms with Gasteiger partial charge in [-0.3, -0.25) is 9.69 Å². The lowest BCUT2D eigenvalue weighted by molar-refractivity contribution is -0.135. The maximum Gasteiger partial charge on any atom is 0.260 e. The van der Waals surface area contributed by atoms with Gasteiger partial charge in [-0.2, -0.15) is 0 Å². The van der Waals surface area contributed by atoms with Crippen molar-refractivity contribution < 1.29 is 14.6 Å². The smallest absolute Gasteiger partial charge is 0.260 e. The van der Waals surface area contributed by atoms with Crippen LogP contribution in [0.25, 0.3) is 0 Å². The van der Waals surface area contributed by atoms with Crippen LogP contribution in [0.3, 0.4) is 0 Å². The third kappa shape index (κ3) is 3.63. The number of hydrogen-bond acceptors (Lipinski definition) is 4. The minimum Gasteiger partial charge on any atom is -0.504 e. The van der Waals surface area contributed by atoms with Gasteiger partial charge in [0.15, 0.2) is 18.1 Å². The predicted molar refractivity (Wildman–Crippen MR) is 76.9 cm³/mol. The van der Waals surface area contributed by atoms with E-state index in [1.165, 1.54) is 0 Å². The average Bonchev–Trinajstić information content (AvgIpc) is 2.46. The zero-order chi connectivity index (χ0) is 14.5. The van der Waals surface area contributed by atoms with Gasteiger partial charge in [0.25, 0.3) is 5.91 Å². The molecule has 0 radical (unpaired) electrons. The highest BCUT2D eigenvalue weighted by Gasteiger charge is 2.22. The van der Waals surface area contributed by atoms with Crippen molar-refractivity contribution in [2.24, 2.45) is 0 Å². The number of nitrogens with zero attached hydrogens (tertiary/aromatic N) is 2. The second-order valence-corrected chi connectivity index (χ2v) is 5.27. The zero-order valence-electron chi connectivity index (χ0n) is 12.1. The van der Waals surface area contributed by atoms with Crippen LogP contribution < -0.4 is 4.74 Å². The third-order valence-corrected chi connectivity index (χ3v) is 3.61. The van der Waals surface area contributed by atoms with Crippen LogP contribution in [0.15, 0.2) is 24.3 Å². The Morgan fingerprint density at radius 3 is 2.50 bits per heavy atom. The summed E-state index contributed by atoms with van der Waals surface area (Å²) in [4.78, 5) is 16.2. The van der Waals surface area contributed by atoms with Crippen LogP contribution in [0.1, 0.15) is 13.8 Å². The second kappa shape index (κ2) is 6.61. The van der Waals surface area contributed by atoms with Crippen LogP contribution in [0.5, 0.6) is 11.5 Å². The number of phenols is 1. The summed E-state index contributed by atoms with van der Waals surface area (Å²) in [6.07, 6.45) is 0. The standard InChI is InChI=1S/C15H22N2O3/c1-12(2)16-7-9-17(10-8-16)15(19)11-20-14-6-4-3-5-13(14)18/h3-6,12,18H,7-11H2,1-2H3. The van der Waals surface area contributed by atoms with Crippen molar-refractivity contribution >= 4 is 5.91 Å². The molecule has 0 atom stereocenters. The largest absolute Gasteiger partial charge is 0.504 e. The summed E-state index contributed by atoms with van der Waals surface area (Å²) in [5.74, 6) is 0.378. The zero-order valence-corrected chi connectivity index (χ0v) is 12.1. The number of benzene rings is 1. The molecule has 0 saturated carbocycles. The average molecular weight is 278 g/mol. The molecular weight excluding hydrogens is 256 g/mol. The molecule has 1 heterocycles. The second-order valence-electron chi connectivity index (χ2n) is 5.27. The molecule has 1 N–H and O–H groups in total. The van der Waals surface area contributed by atoms with Crippen LogP contribution >= 0.6 is 0 Å². The number of aromatic hydroxyl groups is 1. The number of piperazine rings is 1. The maximum absolute atomic E-state index is 12.1. The first-order valence-corrected chi connectivity index (χ1v) is 7.00. The highest BCUT2D eigenvalue weighted by molar-refractivity contribution is 5.78. The minimum atomic E-state index is -0.0309. The van der Waals surface area contributed by atoms with Crippen LogP contribution in [-0.2, 0) is 4.79 Å². The Morgan fingerprint density at radius 2 is 1.90 bits per heavy atom. The van der Waals surface area contributed by atoms with Gasteiger partial charge < -0.3 is 14.7 Å². The molecule has 0 aromatic heterocycles. The fraction of sp³-hybridized carbons (Fsp3) is 0.533. The molecule has 1 fully saturated rings. The first kappa shape index (κ1) is 14.7. The van der Waals surface area contributed by atoms with E-state index in [0.717, 1.165) is 26.2 Å². The summed E-state index contributed by atoms with van der Waals surface area (Å²) < 4.78 is 5.37. The van der Waals surface area contributed by atoms with Gasteiger partial charge in [0.2, 0.25) is 0 Å². The van der Waals surface area contributed by atoms with E-state index < -0.39 is 0 Å². The number of ether oxygens (including phenoxy) is 1. The van der Waals surface area contributed by atoms with Crippen molar-refractivity contribution in [2.75, 3.05) is 32.8 Å². The number of phenolic OH excluding ortho intramolecular Hbond substituents is 1. The van der Waals surface area contributed by atoms with Gasteiger partial charge in [-0.05, 0) is 26.0 Å². The molecule has 110 valence electrons. The molecule has 1 aromatic carbocycles. The van der Waals surface area contributed by atoms with E-state index in [1.807, 2.05) is 4.90 Å². The molecule has 5 heteroatoms. The molecule has 0 aliphatic carbocycles. The first-order valence-electron chi connectivity index (χ1n) is 7.00. The lowest BCUT2D eigenvalue weighted by Crippen LogP contribution is -2.51. The molecule has 5 nitrogen and oxygen atoms in total. The van der Waals surface area contributed by atoms with Gasteiger partial charge in [-0.25, -0.2) is 0 Å². The fourth-order valence-corrected chi connectivity index (χ4v) is 2.30. The number of carbonyl (C=O) groups is 1. The third-order valence-electron chi connectivity index (χ3n) is 3.61. The Balaban J connectivity index is 1.80. The molecule has 1 saturated heterocycles. The predicted octanol–water partition coefficient (Wildman–Crippen LogP) is 1.32. The molecule has 1 aromatic rings. The van der Waals surface area contributed by atoms with Crippen LogP contribution in [0.2, 0.25) is 0 Å². The number of para-hydroxylation sites is 2. The van der Waals surface area contributed by atoms with Gasteiger partial charge in [-0.1, -0.05) is 12.1 Å². The monoisotopic (exact) mass is 278 g/mol. The normalized spacial score (nSPS) is 16.4. The molecule has 20 heavy (non-hydrogen) atoms. The van der Waals surface area contributed by atoms with E-state index in [-0.39, 0.29) is 18.3 Å². The molecule has 0 bridgehead atoms. The molecule has 0 spiro atoms.